The largest absolute Gasteiger partial charge is 0.834 e. The SMILES string of the molecule is F[B-]1(F)Oc2ccc3ccccc3c2C=[N+]1c1ccc([N+]2=Cc3c(ccc4ccccc34)O[B-]2(F)F)cc1. The molecule has 7 rings (SSSR count). The van der Waals surface area contributed by atoms with E-state index in [1.54, 1.807) is 12.1 Å². The van der Waals surface area contributed by atoms with E-state index in [0.29, 0.717) is 11.1 Å². The molecule has 0 unspecified atom stereocenters. The number of fused-ring (bicyclic) bond motifs is 6. The van der Waals surface area contributed by atoms with Crippen molar-refractivity contribution in [3.8, 4) is 11.5 Å². The summed E-state index contributed by atoms with van der Waals surface area (Å²) in [6.07, 6.45) is 2.71. The van der Waals surface area contributed by atoms with E-state index in [1.807, 2.05) is 48.5 Å². The molecule has 2 aliphatic heterocycles. The van der Waals surface area contributed by atoms with Crippen LogP contribution in [-0.2, 0) is 0 Å². The smallest absolute Gasteiger partial charge is 0.599 e. The second-order valence-electron chi connectivity index (χ2n) is 9.34. The molecule has 0 N–H and O–H groups in total. The van der Waals surface area contributed by atoms with Crippen LogP contribution < -0.4 is 9.31 Å². The summed E-state index contributed by atoms with van der Waals surface area (Å²) in [5, 5.41) is 3.31. The van der Waals surface area contributed by atoms with Crippen LogP contribution in [0.25, 0.3) is 21.5 Å². The van der Waals surface area contributed by atoms with Crippen molar-refractivity contribution in [2.75, 3.05) is 0 Å². The van der Waals surface area contributed by atoms with Crippen molar-refractivity contribution in [3.63, 3.8) is 0 Å². The van der Waals surface area contributed by atoms with Crippen molar-refractivity contribution in [2.45, 2.75) is 0 Å². The summed E-state index contributed by atoms with van der Waals surface area (Å²) >= 11 is 0. The minimum Gasteiger partial charge on any atom is -0.599 e. The molecular weight excluding hydrogens is 494 g/mol. The maximum atomic E-state index is 15.1. The molecule has 4 nitrogen and oxygen atoms in total. The maximum Gasteiger partial charge on any atom is 0.834 e. The monoisotopic (exact) mass is 512 g/mol. The van der Waals surface area contributed by atoms with Crippen molar-refractivity contribution in [1.29, 1.82) is 0 Å². The van der Waals surface area contributed by atoms with Crippen molar-refractivity contribution in [2.24, 2.45) is 0 Å². The number of nitrogens with zero attached hydrogens (tertiary/aromatic N) is 2. The van der Waals surface area contributed by atoms with Gasteiger partial charge in [-0.2, -0.15) is 0 Å². The first-order valence-corrected chi connectivity index (χ1v) is 12.1. The fraction of sp³-hybridized carbons (Fsp3) is 0. The van der Waals surface area contributed by atoms with E-state index in [1.165, 1.54) is 48.8 Å². The van der Waals surface area contributed by atoms with E-state index in [4.69, 9.17) is 9.31 Å². The van der Waals surface area contributed by atoms with Crippen LogP contribution in [0, 0.1) is 0 Å². The second-order valence-corrected chi connectivity index (χ2v) is 9.34. The van der Waals surface area contributed by atoms with Gasteiger partial charge in [-0.25, -0.2) is 0 Å². The van der Waals surface area contributed by atoms with E-state index in [-0.39, 0.29) is 22.9 Å². The lowest BCUT2D eigenvalue weighted by atomic mass is 9.94. The molecule has 10 heteroatoms. The molecule has 0 aliphatic carbocycles. The lowest BCUT2D eigenvalue weighted by molar-refractivity contribution is -0.348. The van der Waals surface area contributed by atoms with Gasteiger partial charge in [-0.3, -0.25) is 0 Å². The molecule has 0 radical (unpaired) electrons. The first-order chi connectivity index (χ1) is 18.3. The van der Waals surface area contributed by atoms with Gasteiger partial charge in [0.15, 0.2) is 11.4 Å². The van der Waals surface area contributed by atoms with E-state index < -0.39 is 14.1 Å². The molecule has 0 bridgehead atoms. The quantitative estimate of drug-likeness (QED) is 0.187. The maximum absolute atomic E-state index is 15.1. The van der Waals surface area contributed by atoms with Crippen LogP contribution in [0.15, 0.2) is 97.1 Å². The van der Waals surface area contributed by atoms with Crippen LogP contribution in [0.3, 0.4) is 0 Å². The van der Waals surface area contributed by atoms with Gasteiger partial charge in [0.25, 0.3) is 0 Å². The van der Waals surface area contributed by atoms with E-state index in [9.17, 15) is 0 Å². The van der Waals surface area contributed by atoms with Crippen molar-refractivity contribution >= 4 is 59.4 Å². The van der Waals surface area contributed by atoms with Gasteiger partial charge in [0.1, 0.15) is 12.4 Å². The molecule has 0 atom stereocenters. The van der Waals surface area contributed by atoms with Gasteiger partial charge >= 0.3 is 14.1 Å². The topological polar surface area (TPSA) is 24.5 Å². The first-order valence-electron chi connectivity index (χ1n) is 12.1. The Bertz CT molecular complexity index is 1700. The summed E-state index contributed by atoms with van der Waals surface area (Å²) < 4.78 is 72.2. The molecule has 0 saturated heterocycles. The summed E-state index contributed by atoms with van der Waals surface area (Å²) in [7, 11) is -8.88. The van der Waals surface area contributed by atoms with Crippen molar-refractivity contribution < 1.29 is 35.5 Å². The standard InChI is InChI=1S/C28H18B2F4N2O2/c31-29(32)35(17-25-23-7-3-1-5-19(23)9-15-27(25)37-29)21-11-13-22(14-12-21)36-18-26-24-8-4-2-6-20(24)10-16-28(26)38-30(36,33)34/h1-18H. The minimum absolute atomic E-state index is 0.0925. The Hall–Kier alpha value is -4.59. The zero-order valence-electron chi connectivity index (χ0n) is 19.8. The van der Waals surface area contributed by atoms with Gasteiger partial charge in [0.05, 0.1) is 22.6 Å². The minimum atomic E-state index is -4.44. The van der Waals surface area contributed by atoms with Crippen LogP contribution in [0.4, 0.5) is 28.6 Å². The zero-order chi connectivity index (χ0) is 26.1. The Labute approximate surface area is 214 Å². The highest BCUT2D eigenvalue weighted by atomic mass is 19.3. The van der Waals surface area contributed by atoms with Gasteiger partial charge in [-0.15, -0.1) is 0 Å². The van der Waals surface area contributed by atoms with Crippen LogP contribution in [0.2, 0.25) is 0 Å². The van der Waals surface area contributed by atoms with E-state index in [2.05, 4.69) is 0 Å². The van der Waals surface area contributed by atoms with Crippen LogP contribution in [0.1, 0.15) is 11.1 Å². The number of benzene rings is 5. The van der Waals surface area contributed by atoms with Crippen LogP contribution in [0.5, 0.6) is 11.5 Å². The third kappa shape index (κ3) is 3.48. The predicted molar refractivity (Wildman–Crippen MR) is 142 cm³/mol. The van der Waals surface area contributed by atoms with E-state index >= 15 is 17.3 Å². The Balaban J connectivity index is 1.33. The molecule has 2 aliphatic rings. The molecule has 0 fully saturated rings. The number of halogens is 4. The number of hydrogen-bond acceptors (Lipinski definition) is 2. The second kappa shape index (κ2) is 7.95. The molecule has 0 saturated carbocycles. The lowest BCUT2D eigenvalue weighted by Gasteiger charge is -2.30. The predicted octanol–water partition coefficient (Wildman–Crippen LogP) is 7.05. The highest BCUT2D eigenvalue weighted by molar-refractivity contribution is 6.53. The summed E-state index contributed by atoms with van der Waals surface area (Å²) in [4.78, 5) is 0. The fourth-order valence-electron chi connectivity index (χ4n) is 5.19. The third-order valence-corrected chi connectivity index (χ3v) is 7.03. The van der Waals surface area contributed by atoms with E-state index in [0.717, 1.165) is 30.5 Å². The molecule has 186 valence electrons. The Morgan fingerprint density at radius 1 is 0.474 bits per heavy atom. The summed E-state index contributed by atoms with van der Waals surface area (Å²) in [5.41, 5.74) is 1.26. The van der Waals surface area contributed by atoms with Gasteiger partial charge < -0.3 is 35.5 Å². The normalized spacial score (nSPS) is 17.1. The van der Waals surface area contributed by atoms with Crippen LogP contribution >= 0.6 is 0 Å². The van der Waals surface area contributed by atoms with Gasteiger partial charge in [0, 0.05) is 24.3 Å². The molecular formula is C28H18B2F4N2O2. The lowest BCUT2D eigenvalue weighted by Crippen LogP contribution is -2.47. The molecule has 0 spiro atoms. The highest BCUT2D eigenvalue weighted by Crippen LogP contribution is 2.38. The molecule has 2 heterocycles. The average molecular weight is 512 g/mol. The summed E-state index contributed by atoms with van der Waals surface area (Å²) in [5.74, 6) is 0.185. The Morgan fingerprint density at radius 3 is 1.29 bits per heavy atom. The van der Waals surface area contributed by atoms with Crippen molar-refractivity contribution in [1.82, 2.24) is 0 Å². The average Bonchev–Trinajstić information content (AvgIpc) is 2.91. The summed E-state index contributed by atoms with van der Waals surface area (Å²) in [6, 6.07) is 26.9. The number of rotatable bonds is 2. The first kappa shape index (κ1) is 22.6. The van der Waals surface area contributed by atoms with Gasteiger partial charge in [-0.05, 0) is 33.7 Å². The van der Waals surface area contributed by atoms with Gasteiger partial charge in [-0.1, -0.05) is 60.7 Å². The van der Waals surface area contributed by atoms with Gasteiger partial charge in [0.2, 0.25) is 0 Å². The molecule has 38 heavy (non-hydrogen) atoms. The molecule has 5 aromatic rings. The molecule has 0 aromatic heterocycles. The van der Waals surface area contributed by atoms with Crippen LogP contribution in [-0.4, -0.2) is 35.5 Å². The Kier molecular flexibility index (Phi) is 4.73. The molecule has 5 aromatic carbocycles. The Morgan fingerprint density at radius 2 is 0.868 bits per heavy atom. The highest BCUT2D eigenvalue weighted by Gasteiger charge is 2.52. The number of hydrogen-bond donors (Lipinski definition) is 0. The molecule has 0 amide bonds. The third-order valence-electron chi connectivity index (χ3n) is 7.03. The zero-order valence-corrected chi connectivity index (χ0v) is 19.8. The van der Waals surface area contributed by atoms with Crippen molar-refractivity contribution in [3.05, 3.63) is 108 Å². The fourth-order valence-corrected chi connectivity index (χ4v) is 5.19. The summed E-state index contributed by atoms with van der Waals surface area (Å²) in [6.45, 7) is 0.